The van der Waals surface area contributed by atoms with Gasteiger partial charge in [-0.05, 0) is 54.1 Å². The van der Waals surface area contributed by atoms with Crippen LogP contribution >= 0.6 is 0 Å². The van der Waals surface area contributed by atoms with Crippen molar-refractivity contribution < 1.29 is 23.9 Å². The number of nitrogens with zero attached hydrogens (tertiary/aromatic N) is 1. The van der Waals surface area contributed by atoms with Gasteiger partial charge in [0.25, 0.3) is 5.91 Å². The lowest BCUT2D eigenvalue weighted by Crippen LogP contribution is -2.40. The number of amides is 2. The molecule has 7 nitrogen and oxygen atoms in total. The summed E-state index contributed by atoms with van der Waals surface area (Å²) in [5.41, 5.74) is 2.03. The molecule has 4 rings (SSSR count). The zero-order valence-corrected chi connectivity index (χ0v) is 23.2. The van der Waals surface area contributed by atoms with Gasteiger partial charge in [0.2, 0.25) is 5.91 Å². The maximum absolute atomic E-state index is 13.5. The number of anilines is 1. The van der Waals surface area contributed by atoms with E-state index in [2.05, 4.69) is 5.32 Å². The topological polar surface area (TPSA) is 84.9 Å². The first-order valence-corrected chi connectivity index (χ1v) is 13.5. The lowest BCUT2D eigenvalue weighted by Gasteiger charge is -2.25. The van der Waals surface area contributed by atoms with Crippen LogP contribution in [0.4, 0.5) is 5.69 Å². The Kier molecular flexibility index (Phi) is 10.4. The highest BCUT2D eigenvalue weighted by Crippen LogP contribution is 2.24. The molecule has 4 aromatic rings. The fraction of sp³-hybridized carbons (Fsp3) is 0.206. The first-order valence-electron chi connectivity index (χ1n) is 13.5. The molecule has 2 atom stereocenters. The van der Waals surface area contributed by atoms with Crippen molar-refractivity contribution in [2.75, 3.05) is 25.5 Å². The quantitative estimate of drug-likeness (QED) is 0.213. The average molecular weight is 551 g/mol. The fourth-order valence-electron chi connectivity index (χ4n) is 4.27. The van der Waals surface area contributed by atoms with E-state index in [0.717, 1.165) is 5.56 Å². The van der Waals surface area contributed by atoms with Crippen molar-refractivity contribution in [2.45, 2.75) is 13.5 Å². The molecule has 0 fully saturated rings. The van der Waals surface area contributed by atoms with Crippen LogP contribution in [0.1, 0.15) is 22.8 Å². The molecule has 0 spiro atoms. The number of carbonyl (C=O) groups is 3. The summed E-state index contributed by atoms with van der Waals surface area (Å²) in [7, 11) is 1.58. The molecule has 210 valence electrons. The van der Waals surface area contributed by atoms with Gasteiger partial charge in [-0.25, -0.2) is 0 Å². The van der Waals surface area contributed by atoms with E-state index in [4.69, 9.17) is 9.47 Å². The third-order valence-corrected chi connectivity index (χ3v) is 6.72. The largest absolute Gasteiger partial charge is 0.457 e. The fourth-order valence-corrected chi connectivity index (χ4v) is 4.27. The van der Waals surface area contributed by atoms with Crippen LogP contribution in [0.2, 0.25) is 0 Å². The van der Waals surface area contributed by atoms with Gasteiger partial charge in [0.1, 0.15) is 11.5 Å². The van der Waals surface area contributed by atoms with Crippen molar-refractivity contribution >= 4 is 23.3 Å². The maximum atomic E-state index is 13.5. The molecule has 0 aromatic heterocycles. The summed E-state index contributed by atoms with van der Waals surface area (Å²) in [5, 5.41) is 2.91. The number of carbonyl (C=O) groups excluding carboxylic acids is 3. The highest BCUT2D eigenvalue weighted by atomic mass is 16.5. The van der Waals surface area contributed by atoms with Crippen molar-refractivity contribution in [2.24, 2.45) is 11.8 Å². The van der Waals surface area contributed by atoms with Crippen LogP contribution in [0.5, 0.6) is 11.5 Å². The van der Waals surface area contributed by atoms with E-state index in [9.17, 15) is 14.4 Å². The highest BCUT2D eigenvalue weighted by Gasteiger charge is 2.32. The Morgan fingerprint density at radius 1 is 0.756 bits per heavy atom. The minimum Gasteiger partial charge on any atom is -0.457 e. The van der Waals surface area contributed by atoms with E-state index in [1.165, 1.54) is 4.90 Å². The van der Waals surface area contributed by atoms with Gasteiger partial charge in [-0.2, -0.15) is 0 Å². The summed E-state index contributed by atoms with van der Waals surface area (Å²) < 4.78 is 11.7. The predicted molar refractivity (Wildman–Crippen MR) is 159 cm³/mol. The van der Waals surface area contributed by atoms with Gasteiger partial charge >= 0.3 is 0 Å². The summed E-state index contributed by atoms with van der Waals surface area (Å²) in [6.45, 7) is 1.93. The number of ether oxygens (including phenoxy) is 2. The predicted octanol–water partition coefficient (Wildman–Crippen LogP) is 6.23. The third kappa shape index (κ3) is 8.62. The standard InChI is InChI=1S/C34H34N2O5/c1-25(32(37)22-36(2)34(39)27-14-8-4-9-15-27)31(24-40-23-26-12-6-3-7-13-26)33(38)35-28-18-20-30(21-19-28)41-29-16-10-5-11-17-29/h3-21,25,31H,22-24H2,1-2H3,(H,35,38). The van der Waals surface area contributed by atoms with Gasteiger partial charge in [0, 0.05) is 24.2 Å². The van der Waals surface area contributed by atoms with Crippen molar-refractivity contribution in [1.82, 2.24) is 4.90 Å². The second-order valence-corrected chi connectivity index (χ2v) is 9.82. The summed E-state index contributed by atoms with van der Waals surface area (Å²) in [6.07, 6.45) is 0. The Labute approximate surface area is 240 Å². The number of hydrogen-bond donors (Lipinski definition) is 1. The molecule has 4 aromatic carbocycles. The van der Waals surface area contributed by atoms with Crippen molar-refractivity contribution in [3.8, 4) is 11.5 Å². The molecule has 2 amide bonds. The third-order valence-electron chi connectivity index (χ3n) is 6.72. The number of benzene rings is 4. The van der Waals surface area contributed by atoms with Crippen LogP contribution in [0.25, 0.3) is 0 Å². The summed E-state index contributed by atoms with van der Waals surface area (Å²) in [5.74, 6) is -0.955. The Morgan fingerprint density at radius 2 is 1.32 bits per heavy atom. The normalized spacial score (nSPS) is 12.1. The lowest BCUT2D eigenvalue weighted by atomic mass is 9.89. The Balaban J connectivity index is 1.42. The lowest BCUT2D eigenvalue weighted by molar-refractivity contribution is -0.133. The Hall–Kier alpha value is -4.75. The second kappa shape index (κ2) is 14.6. The molecule has 41 heavy (non-hydrogen) atoms. The maximum Gasteiger partial charge on any atom is 0.253 e. The molecule has 1 N–H and O–H groups in total. The van der Waals surface area contributed by atoms with Crippen LogP contribution in [0, 0.1) is 11.8 Å². The molecular weight excluding hydrogens is 516 g/mol. The van der Waals surface area contributed by atoms with Crippen LogP contribution in [0.3, 0.4) is 0 Å². The number of hydrogen-bond acceptors (Lipinski definition) is 5. The van der Waals surface area contributed by atoms with Crippen LogP contribution in [-0.4, -0.2) is 42.7 Å². The molecule has 0 radical (unpaired) electrons. The molecule has 0 saturated carbocycles. The molecule has 0 aliphatic heterocycles. The van der Waals surface area contributed by atoms with E-state index in [1.54, 1.807) is 62.5 Å². The minimum atomic E-state index is -0.772. The van der Waals surface area contributed by atoms with Gasteiger partial charge < -0.3 is 19.7 Å². The zero-order valence-electron chi connectivity index (χ0n) is 23.2. The molecule has 0 aliphatic rings. The van der Waals surface area contributed by atoms with Gasteiger partial charge in [0.05, 0.1) is 25.7 Å². The summed E-state index contributed by atoms with van der Waals surface area (Å²) >= 11 is 0. The van der Waals surface area contributed by atoms with E-state index in [-0.39, 0.29) is 30.7 Å². The van der Waals surface area contributed by atoms with Crippen molar-refractivity contribution in [1.29, 1.82) is 0 Å². The zero-order chi connectivity index (χ0) is 29.0. The van der Waals surface area contributed by atoms with E-state index in [0.29, 0.717) is 29.4 Å². The molecule has 0 bridgehead atoms. The molecular formula is C34H34N2O5. The number of para-hydroxylation sites is 1. The monoisotopic (exact) mass is 550 g/mol. The Bertz CT molecular complexity index is 1410. The molecule has 2 unspecified atom stereocenters. The minimum absolute atomic E-state index is 0.0409. The first-order chi connectivity index (χ1) is 19.9. The summed E-state index contributed by atoms with van der Waals surface area (Å²) in [4.78, 5) is 40.9. The van der Waals surface area contributed by atoms with Gasteiger partial charge in [-0.15, -0.1) is 0 Å². The summed E-state index contributed by atoms with van der Waals surface area (Å²) in [6, 6.07) is 34.9. The van der Waals surface area contributed by atoms with Crippen LogP contribution in [0.15, 0.2) is 115 Å². The number of rotatable bonds is 13. The SMILES string of the molecule is CC(C(=O)CN(C)C(=O)c1ccccc1)C(COCc1ccccc1)C(=O)Nc1ccc(Oc2ccccc2)cc1. The van der Waals surface area contributed by atoms with Gasteiger partial charge in [0.15, 0.2) is 5.78 Å². The molecule has 0 heterocycles. The number of ketones is 1. The molecule has 0 saturated heterocycles. The molecule has 0 aliphatic carbocycles. The van der Waals surface area contributed by atoms with Gasteiger partial charge in [-0.3, -0.25) is 14.4 Å². The van der Waals surface area contributed by atoms with Crippen LogP contribution in [-0.2, 0) is 20.9 Å². The second-order valence-electron chi connectivity index (χ2n) is 9.82. The van der Waals surface area contributed by atoms with E-state index >= 15 is 0 Å². The van der Waals surface area contributed by atoms with E-state index < -0.39 is 11.8 Å². The Morgan fingerprint density at radius 3 is 1.95 bits per heavy atom. The van der Waals surface area contributed by atoms with Crippen molar-refractivity contribution in [3.63, 3.8) is 0 Å². The molecule has 7 heteroatoms. The first kappa shape index (κ1) is 29.2. The average Bonchev–Trinajstić information content (AvgIpc) is 3.01. The number of Topliss-reactive ketones (excluding diaryl/α,β-unsaturated/α-hetero) is 1. The number of nitrogens with one attached hydrogen (secondary N) is 1. The van der Waals surface area contributed by atoms with E-state index in [1.807, 2.05) is 66.7 Å². The van der Waals surface area contributed by atoms with Crippen LogP contribution < -0.4 is 10.1 Å². The smallest absolute Gasteiger partial charge is 0.253 e. The van der Waals surface area contributed by atoms with Gasteiger partial charge in [-0.1, -0.05) is 73.7 Å². The highest BCUT2D eigenvalue weighted by molar-refractivity contribution is 5.99. The number of likely N-dealkylation sites (N-methyl/N-ethyl adjacent to an activating group) is 1. The van der Waals surface area contributed by atoms with Crippen molar-refractivity contribution in [3.05, 3.63) is 126 Å².